The third kappa shape index (κ3) is 1.46. The van der Waals surface area contributed by atoms with E-state index in [1.165, 1.54) is 0 Å². The minimum absolute atomic E-state index is 0.552. The van der Waals surface area contributed by atoms with Gasteiger partial charge in [-0.2, -0.15) is 0 Å². The first-order valence-corrected chi connectivity index (χ1v) is 3.86. The molecule has 0 radical (unpaired) electrons. The van der Waals surface area contributed by atoms with Gasteiger partial charge in [-0.15, -0.1) is 0 Å². The number of hydrogen-bond donors (Lipinski definition) is 1. The summed E-state index contributed by atoms with van der Waals surface area (Å²) in [6, 6.07) is 3.75. The van der Waals surface area contributed by atoms with Gasteiger partial charge in [0.1, 0.15) is 0 Å². The summed E-state index contributed by atoms with van der Waals surface area (Å²) in [5.41, 5.74) is 9.65. The standard InChI is InChI=1S/C10H12N2/c1-7-4-9(12-3)5-8(2)10(7)6-11/h4-5H,6,11H2,1-2H3. The molecular weight excluding hydrogens is 148 g/mol. The van der Waals surface area contributed by atoms with E-state index in [1.807, 2.05) is 26.0 Å². The minimum atomic E-state index is 0.552. The van der Waals surface area contributed by atoms with E-state index in [4.69, 9.17) is 12.3 Å². The predicted molar refractivity (Wildman–Crippen MR) is 50.1 cm³/mol. The smallest absolute Gasteiger partial charge is 0.187 e. The highest BCUT2D eigenvalue weighted by molar-refractivity contribution is 5.52. The van der Waals surface area contributed by atoms with Crippen LogP contribution < -0.4 is 5.73 Å². The van der Waals surface area contributed by atoms with Gasteiger partial charge in [0.25, 0.3) is 0 Å². The summed E-state index contributed by atoms with van der Waals surface area (Å²) in [4.78, 5) is 3.38. The zero-order valence-electron chi connectivity index (χ0n) is 7.39. The van der Waals surface area contributed by atoms with Gasteiger partial charge in [-0.3, -0.25) is 0 Å². The maximum Gasteiger partial charge on any atom is 0.187 e. The van der Waals surface area contributed by atoms with Gasteiger partial charge in [-0.25, -0.2) is 4.85 Å². The molecule has 1 aromatic rings. The van der Waals surface area contributed by atoms with Crippen LogP contribution in [0.2, 0.25) is 0 Å². The highest BCUT2D eigenvalue weighted by Crippen LogP contribution is 2.21. The Kier molecular flexibility index (Phi) is 2.47. The third-order valence-electron chi connectivity index (χ3n) is 2.01. The Morgan fingerprint density at radius 3 is 2.17 bits per heavy atom. The second kappa shape index (κ2) is 3.38. The number of benzene rings is 1. The van der Waals surface area contributed by atoms with Crippen molar-refractivity contribution in [3.8, 4) is 0 Å². The van der Waals surface area contributed by atoms with E-state index >= 15 is 0 Å². The summed E-state index contributed by atoms with van der Waals surface area (Å²) in [5, 5.41) is 0. The maximum absolute atomic E-state index is 6.86. The number of aryl methyl sites for hydroxylation is 2. The largest absolute Gasteiger partial charge is 0.326 e. The van der Waals surface area contributed by atoms with Crippen LogP contribution in [0, 0.1) is 20.4 Å². The molecule has 2 nitrogen and oxygen atoms in total. The molecule has 0 aromatic heterocycles. The third-order valence-corrected chi connectivity index (χ3v) is 2.01. The fourth-order valence-electron chi connectivity index (χ4n) is 1.36. The van der Waals surface area contributed by atoms with Crippen molar-refractivity contribution in [2.45, 2.75) is 20.4 Å². The summed E-state index contributed by atoms with van der Waals surface area (Å²) in [6.07, 6.45) is 0. The molecule has 0 atom stereocenters. The second-order valence-corrected chi connectivity index (χ2v) is 2.87. The average Bonchev–Trinajstić information content (AvgIpc) is 2.03. The van der Waals surface area contributed by atoms with E-state index in [1.54, 1.807) is 0 Å². The van der Waals surface area contributed by atoms with Gasteiger partial charge in [-0.05, 0) is 19.4 Å². The van der Waals surface area contributed by atoms with Crippen molar-refractivity contribution in [2.24, 2.45) is 5.73 Å². The maximum atomic E-state index is 6.86. The molecular formula is C10H12N2. The lowest BCUT2D eigenvalue weighted by Crippen LogP contribution is -2.01. The van der Waals surface area contributed by atoms with Crippen molar-refractivity contribution >= 4 is 5.69 Å². The van der Waals surface area contributed by atoms with E-state index < -0.39 is 0 Å². The lowest BCUT2D eigenvalue weighted by molar-refractivity contribution is 1.03. The molecule has 0 heterocycles. The SMILES string of the molecule is [C-]#[N+]c1cc(C)c(CN)c(C)c1. The zero-order valence-corrected chi connectivity index (χ0v) is 7.39. The van der Waals surface area contributed by atoms with Crippen molar-refractivity contribution in [3.63, 3.8) is 0 Å². The summed E-state index contributed by atoms with van der Waals surface area (Å²) in [6.45, 7) is 11.4. The molecule has 62 valence electrons. The Morgan fingerprint density at radius 2 is 1.83 bits per heavy atom. The molecule has 0 aliphatic heterocycles. The van der Waals surface area contributed by atoms with Gasteiger partial charge >= 0.3 is 0 Å². The van der Waals surface area contributed by atoms with Crippen LogP contribution in [0.4, 0.5) is 5.69 Å². The molecule has 2 N–H and O–H groups in total. The highest BCUT2D eigenvalue weighted by atomic mass is 14.6. The van der Waals surface area contributed by atoms with Crippen LogP contribution in [-0.4, -0.2) is 0 Å². The first kappa shape index (κ1) is 8.76. The van der Waals surface area contributed by atoms with E-state index in [-0.39, 0.29) is 0 Å². The van der Waals surface area contributed by atoms with Crippen LogP contribution in [0.25, 0.3) is 4.85 Å². The fraction of sp³-hybridized carbons (Fsp3) is 0.300. The molecule has 0 unspecified atom stereocenters. The van der Waals surface area contributed by atoms with Crippen LogP contribution in [0.3, 0.4) is 0 Å². The quantitative estimate of drug-likeness (QED) is 0.628. The number of hydrogen-bond acceptors (Lipinski definition) is 1. The van der Waals surface area contributed by atoms with E-state index in [9.17, 15) is 0 Å². The minimum Gasteiger partial charge on any atom is -0.326 e. The normalized spacial score (nSPS) is 9.50. The van der Waals surface area contributed by atoms with Gasteiger partial charge in [-0.1, -0.05) is 23.3 Å². The van der Waals surface area contributed by atoms with Crippen LogP contribution in [0.1, 0.15) is 16.7 Å². The van der Waals surface area contributed by atoms with Crippen molar-refractivity contribution in [1.82, 2.24) is 0 Å². The van der Waals surface area contributed by atoms with Gasteiger partial charge in [0.05, 0.1) is 6.57 Å². The highest BCUT2D eigenvalue weighted by Gasteiger charge is 2.02. The molecule has 0 bridgehead atoms. The first-order valence-electron chi connectivity index (χ1n) is 3.86. The molecule has 0 amide bonds. The van der Waals surface area contributed by atoms with E-state index in [0.29, 0.717) is 12.2 Å². The van der Waals surface area contributed by atoms with E-state index in [2.05, 4.69) is 4.85 Å². The lowest BCUT2D eigenvalue weighted by atomic mass is 10.0. The van der Waals surface area contributed by atoms with Gasteiger partial charge in [0.15, 0.2) is 5.69 Å². The predicted octanol–water partition coefficient (Wildman–Crippen LogP) is 2.31. The molecule has 2 heteroatoms. The Balaban J connectivity index is 3.30. The molecule has 0 spiro atoms. The van der Waals surface area contributed by atoms with Gasteiger partial charge in [0.2, 0.25) is 0 Å². The zero-order chi connectivity index (χ0) is 9.14. The first-order chi connectivity index (χ1) is 5.69. The summed E-state index contributed by atoms with van der Waals surface area (Å²) < 4.78 is 0. The molecule has 0 aliphatic rings. The van der Waals surface area contributed by atoms with Crippen molar-refractivity contribution in [1.29, 1.82) is 0 Å². The van der Waals surface area contributed by atoms with Crippen molar-refractivity contribution in [2.75, 3.05) is 0 Å². The van der Waals surface area contributed by atoms with Gasteiger partial charge < -0.3 is 5.73 Å². The molecule has 0 aliphatic carbocycles. The number of nitrogens with two attached hydrogens (primary N) is 1. The molecule has 0 saturated carbocycles. The average molecular weight is 160 g/mol. The van der Waals surface area contributed by atoms with Crippen LogP contribution >= 0.6 is 0 Å². The number of rotatable bonds is 1. The molecule has 12 heavy (non-hydrogen) atoms. The second-order valence-electron chi connectivity index (χ2n) is 2.87. The van der Waals surface area contributed by atoms with Crippen molar-refractivity contribution in [3.05, 3.63) is 40.2 Å². The molecule has 0 saturated heterocycles. The van der Waals surface area contributed by atoms with E-state index in [0.717, 1.165) is 16.7 Å². The Bertz CT molecular complexity index is 311. The van der Waals surface area contributed by atoms with Crippen LogP contribution in [0.15, 0.2) is 12.1 Å². The van der Waals surface area contributed by atoms with Crippen LogP contribution in [-0.2, 0) is 6.54 Å². The Morgan fingerprint density at radius 1 is 1.33 bits per heavy atom. The lowest BCUT2D eigenvalue weighted by Gasteiger charge is -2.07. The fourth-order valence-corrected chi connectivity index (χ4v) is 1.36. The molecule has 1 rings (SSSR count). The van der Waals surface area contributed by atoms with Crippen molar-refractivity contribution < 1.29 is 0 Å². The Labute approximate surface area is 72.8 Å². The Hall–Kier alpha value is -1.33. The topological polar surface area (TPSA) is 30.4 Å². The monoisotopic (exact) mass is 160 g/mol. The van der Waals surface area contributed by atoms with Crippen LogP contribution in [0.5, 0.6) is 0 Å². The summed E-state index contributed by atoms with van der Waals surface area (Å²) >= 11 is 0. The molecule has 1 aromatic carbocycles. The molecule has 0 fully saturated rings. The number of nitrogens with zero attached hydrogens (tertiary/aromatic N) is 1. The van der Waals surface area contributed by atoms with Gasteiger partial charge in [0, 0.05) is 6.54 Å². The summed E-state index contributed by atoms with van der Waals surface area (Å²) in [7, 11) is 0. The summed E-state index contributed by atoms with van der Waals surface area (Å²) in [5.74, 6) is 0.